The van der Waals surface area contributed by atoms with Gasteiger partial charge in [-0.05, 0) is 38.3 Å². The zero-order valence-electron chi connectivity index (χ0n) is 18.9. The lowest BCUT2D eigenvalue weighted by Gasteiger charge is -2.34. The molecule has 0 radical (unpaired) electrons. The number of nitrogens with one attached hydrogen (secondary N) is 2. The molecule has 11 nitrogen and oxygen atoms in total. The molecule has 0 aliphatic carbocycles. The van der Waals surface area contributed by atoms with Gasteiger partial charge in [-0.25, -0.2) is 22.5 Å². The minimum Gasteiger partial charge on any atom is -0.474 e. The zero-order valence-corrected chi connectivity index (χ0v) is 20.4. The van der Waals surface area contributed by atoms with Crippen LogP contribution in [0.2, 0.25) is 5.02 Å². The number of hydrogen-bond acceptors (Lipinski definition) is 8. The van der Waals surface area contributed by atoms with Crippen molar-refractivity contribution in [3.8, 4) is 5.88 Å². The lowest BCUT2D eigenvalue weighted by atomic mass is 9.95. The fourth-order valence-electron chi connectivity index (χ4n) is 4.54. The molecule has 34 heavy (non-hydrogen) atoms. The zero-order chi connectivity index (χ0) is 24.2. The van der Waals surface area contributed by atoms with Crippen LogP contribution in [0.4, 0.5) is 4.79 Å². The van der Waals surface area contributed by atoms with Crippen LogP contribution >= 0.6 is 11.6 Å². The van der Waals surface area contributed by atoms with Gasteiger partial charge in [0.2, 0.25) is 15.9 Å². The van der Waals surface area contributed by atoms with E-state index in [1.807, 2.05) is 0 Å². The van der Waals surface area contributed by atoms with Crippen molar-refractivity contribution >= 4 is 33.6 Å². The number of morpholine rings is 1. The smallest absolute Gasteiger partial charge is 0.322 e. The molecule has 188 valence electrons. The Morgan fingerprint density at radius 1 is 1.18 bits per heavy atom. The van der Waals surface area contributed by atoms with E-state index in [0.717, 1.165) is 13.1 Å². The van der Waals surface area contributed by atoms with Crippen molar-refractivity contribution in [3.63, 3.8) is 0 Å². The molecule has 3 saturated heterocycles. The van der Waals surface area contributed by atoms with Crippen LogP contribution in [0.15, 0.2) is 18.3 Å². The summed E-state index contributed by atoms with van der Waals surface area (Å²) in [5.74, 6) is -0.615. The molecule has 4 rings (SSSR count). The van der Waals surface area contributed by atoms with Crippen molar-refractivity contribution in [2.45, 2.75) is 37.3 Å². The highest BCUT2D eigenvalue weighted by Gasteiger charge is 2.50. The molecule has 1 aromatic rings. The van der Waals surface area contributed by atoms with E-state index in [-0.39, 0.29) is 25.6 Å². The first kappa shape index (κ1) is 25.1. The molecule has 3 fully saturated rings. The highest BCUT2D eigenvalue weighted by Crippen LogP contribution is 2.25. The fraction of sp³-hybridized carbons (Fsp3) is 0.667. The van der Waals surface area contributed by atoms with Crippen LogP contribution in [0.3, 0.4) is 0 Å². The van der Waals surface area contributed by atoms with Crippen molar-refractivity contribution in [2.24, 2.45) is 0 Å². The molecule has 13 heteroatoms. The second-order valence-corrected chi connectivity index (χ2v) is 11.2. The molecule has 0 bridgehead atoms. The Hall–Kier alpha value is -1.99. The monoisotopic (exact) mass is 515 g/mol. The van der Waals surface area contributed by atoms with E-state index in [9.17, 15) is 18.0 Å². The van der Waals surface area contributed by atoms with E-state index in [0.29, 0.717) is 49.9 Å². The number of piperidine rings is 1. The van der Waals surface area contributed by atoms with Crippen molar-refractivity contribution in [1.82, 2.24) is 24.8 Å². The van der Waals surface area contributed by atoms with Gasteiger partial charge in [0.25, 0.3) is 5.91 Å². The van der Waals surface area contributed by atoms with Gasteiger partial charge in [-0.2, -0.15) is 0 Å². The number of rotatable bonds is 9. The molecule has 3 aliphatic rings. The predicted octanol–water partition coefficient (Wildman–Crippen LogP) is 0.599. The highest BCUT2D eigenvalue weighted by molar-refractivity contribution is 7.89. The largest absolute Gasteiger partial charge is 0.474 e. The molecule has 0 spiro atoms. The normalized spacial score (nSPS) is 25.2. The molecule has 2 N–H and O–H groups in total. The summed E-state index contributed by atoms with van der Waals surface area (Å²) in [5, 5.41) is 5.33. The van der Waals surface area contributed by atoms with Crippen LogP contribution < -0.4 is 15.4 Å². The van der Waals surface area contributed by atoms with Gasteiger partial charge in [0.1, 0.15) is 11.6 Å². The first-order valence-corrected chi connectivity index (χ1v) is 13.4. The second-order valence-electron chi connectivity index (χ2n) is 8.84. The number of halogens is 1. The maximum Gasteiger partial charge on any atom is 0.322 e. The number of sulfonamides is 1. The van der Waals surface area contributed by atoms with E-state index in [4.69, 9.17) is 21.1 Å². The van der Waals surface area contributed by atoms with Gasteiger partial charge < -0.3 is 14.8 Å². The summed E-state index contributed by atoms with van der Waals surface area (Å²) >= 11 is 5.84. The van der Waals surface area contributed by atoms with Crippen LogP contribution in [0.1, 0.15) is 25.7 Å². The summed E-state index contributed by atoms with van der Waals surface area (Å²) in [6, 6.07) is 2.70. The number of hydrogen-bond donors (Lipinski definition) is 2. The Morgan fingerprint density at radius 2 is 1.91 bits per heavy atom. The Labute approximate surface area is 204 Å². The van der Waals surface area contributed by atoms with E-state index >= 15 is 0 Å². The number of urea groups is 1. The van der Waals surface area contributed by atoms with E-state index in [2.05, 4.69) is 20.5 Å². The fourth-order valence-corrected chi connectivity index (χ4v) is 6.57. The van der Waals surface area contributed by atoms with Gasteiger partial charge in [0.05, 0.1) is 24.0 Å². The third kappa shape index (κ3) is 6.16. The quantitative estimate of drug-likeness (QED) is 0.457. The standard InChI is InChI=1S/C21H30ClN5O6S/c22-16-2-3-18(23-14-16)33-17-4-8-27(9-5-17)34(30,31)15-21(19(28)24-20(29)25-21)6-1-7-26-10-12-32-13-11-26/h2-3,14,17H,1,4-13,15H2,(H2,24,25,28,29). The molecule has 4 heterocycles. The topological polar surface area (TPSA) is 130 Å². The van der Waals surface area contributed by atoms with E-state index in [1.54, 1.807) is 12.1 Å². The summed E-state index contributed by atoms with van der Waals surface area (Å²) in [4.78, 5) is 30.9. The minimum atomic E-state index is -3.80. The Kier molecular flexibility index (Phi) is 7.93. The molecule has 3 aliphatic heterocycles. The number of nitrogens with zero attached hydrogens (tertiary/aromatic N) is 3. The van der Waals surface area contributed by atoms with Crippen LogP contribution in [-0.4, -0.2) is 97.9 Å². The third-order valence-corrected chi connectivity index (χ3v) is 8.64. The van der Waals surface area contributed by atoms with Crippen LogP contribution in [0, 0.1) is 0 Å². The maximum atomic E-state index is 13.3. The van der Waals surface area contributed by atoms with Crippen LogP contribution in [-0.2, 0) is 19.6 Å². The molecule has 0 aromatic carbocycles. The number of ether oxygens (including phenoxy) is 2. The predicted molar refractivity (Wildman–Crippen MR) is 124 cm³/mol. The first-order chi connectivity index (χ1) is 16.3. The number of pyridine rings is 1. The van der Waals surface area contributed by atoms with Gasteiger partial charge in [-0.15, -0.1) is 0 Å². The molecule has 1 atom stereocenters. The lowest BCUT2D eigenvalue weighted by Crippen LogP contribution is -2.56. The number of carbonyl (C=O) groups excluding carboxylic acids is 2. The molecular formula is C21H30ClN5O6S. The first-order valence-electron chi connectivity index (χ1n) is 11.5. The number of amides is 3. The maximum absolute atomic E-state index is 13.3. The number of imide groups is 1. The van der Waals surface area contributed by atoms with Gasteiger partial charge in [-0.1, -0.05) is 11.6 Å². The van der Waals surface area contributed by atoms with Crippen molar-refractivity contribution in [1.29, 1.82) is 0 Å². The SMILES string of the molecule is O=C1NC(=O)C(CCCN2CCOCC2)(CS(=O)(=O)N2CCC(Oc3ccc(Cl)cn3)CC2)N1. The van der Waals surface area contributed by atoms with E-state index in [1.165, 1.54) is 10.5 Å². The van der Waals surface area contributed by atoms with Crippen molar-refractivity contribution in [2.75, 3.05) is 51.7 Å². The lowest BCUT2D eigenvalue weighted by molar-refractivity contribution is -0.123. The second kappa shape index (κ2) is 10.7. The molecule has 1 unspecified atom stereocenters. The molecule has 0 saturated carbocycles. The average Bonchev–Trinajstić information content (AvgIpc) is 3.08. The number of carbonyl (C=O) groups is 2. The summed E-state index contributed by atoms with van der Waals surface area (Å²) in [7, 11) is -3.80. The van der Waals surface area contributed by atoms with Gasteiger partial charge in [0.15, 0.2) is 0 Å². The summed E-state index contributed by atoms with van der Waals surface area (Å²) in [5.41, 5.74) is -1.47. The van der Waals surface area contributed by atoms with Crippen LogP contribution in [0.25, 0.3) is 0 Å². The summed E-state index contributed by atoms with van der Waals surface area (Å²) < 4.78 is 39.1. The van der Waals surface area contributed by atoms with Gasteiger partial charge in [-0.3, -0.25) is 15.0 Å². The summed E-state index contributed by atoms with van der Waals surface area (Å²) in [6.45, 7) is 4.14. The average molecular weight is 516 g/mol. The molecule has 1 aromatic heterocycles. The molecular weight excluding hydrogens is 486 g/mol. The highest BCUT2D eigenvalue weighted by atomic mass is 35.5. The van der Waals surface area contributed by atoms with E-state index < -0.39 is 33.3 Å². The minimum absolute atomic E-state index is 0.169. The Balaban J connectivity index is 1.34. The Bertz CT molecular complexity index is 980. The van der Waals surface area contributed by atoms with Gasteiger partial charge >= 0.3 is 6.03 Å². The summed E-state index contributed by atoms with van der Waals surface area (Å²) in [6.07, 6.45) is 3.13. The number of aromatic nitrogens is 1. The van der Waals surface area contributed by atoms with Gasteiger partial charge in [0, 0.05) is 38.4 Å². The third-order valence-electron chi connectivity index (χ3n) is 6.41. The van der Waals surface area contributed by atoms with Crippen molar-refractivity contribution in [3.05, 3.63) is 23.4 Å². The van der Waals surface area contributed by atoms with Crippen molar-refractivity contribution < 1.29 is 27.5 Å². The Morgan fingerprint density at radius 3 is 2.53 bits per heavy atom. The van der Waals surface area contributed by atoms with Crippen LogP contribution in [0.5, 0.6) is 5.88 Å². The molecule has 3 amide bonds.